The minimum Gasteiger partial charge on any atom is -0.375 e. The standard InChI is InChI=1S/C13H23NO/c14-13(7-1-2-8-13)11-4-9-15-12(10-11)5-3-6-12/h11H,1-10,14H2. The van der Waals surface area contributed by atoms with Crippen LogP contribution in [-0.2, 0) is 4.74 Å². The van der Waals surface area contributed by atoms with Gasteiger partial charge in [-0.15, -0.1) is 0 Å². The van der Waals surface area contributed by atoms with E-state index < -0.39 is 0 Å². The highest BCUT2D eigenvalue weighted by Gasteiger charge is 2.48. The molecule has 2 aliphatic carbocycles. The molecular formula is C13H23NO. The van der Waals surface area contributed by atoms with E-state index in [0.29, 0.717) is 0 Å². The van der Waals surface area contributed by atoms with E-state index in [1.165, 1.54) is 57.8 Å². The van der Waals surface area contributed by atoms with Gasteiger partial charge in [0.1, 0.15) is 0 Å². The zero-order chi connectivity index (χ0) is 10.4. The van der Waals surface area contributed by atoms with Crippen LogP contribution in [0.1, 0.15) is 57.8 Å². The third kappa shape index (κ3) is 1.62. The van der Waals surface area contributed by atoms with Crippen molar-refractivity contribution in [2.75, 3.05) is 6.61 Å². The molecule has 2 saturated carbocycles. The SMILES string of the molecule is NC1(C2CCOC3(CCC3)C2)CCCC1. The Labute approximate surface area is 92.6 Å². The maximum absolute atomic E-state index is 6.58. The Morgan fingerprint density at radius 2 is 1.73 bits per heavy atom. The first kappa shape index (κ1) is 10.1. The van der Waals surface area contributed by atoms with Gasteiger partial charge in [0.25, 0.3) is 0 Å². The topological polar surface area (TPSA) is 35.2 Å². The van der Waals surface area contributed by atoms with Crippen LogP contribution in [0.4, 0.5) is 0 Å². The van der Waals surface area contributed by atoms with Crippen LogP contribution >= 0.6 is 0 Å². The summed E-state index contributed by atoms with van der Waals surface area (Å²) in [5.74, 6) is 0.744. The molecule has 1 heterocycles. The summed E-state index contributed by atoms with van der Waals surface area (Å²) in [5.41, 5.74) is 7.03. The second-order valence-corrected chi connectivity index (χ2v) is 6.02. The second kappa shape index (κ2) is 3.46. The predicted octanol–water partition coefficient (Wildman–Crippen LogP) is 2.61. The van der Waals surface area contributed by atoms with Gasteiger partial charge in [0.15, 0.2) is 0 Å². The zero-order valence-corrected chi connectivity index (χ0v) is 9.63. The molecule has 2 heteroatoms. The fourth-order valence-electron chi connectivity index (χ4n) is 3.88. The van der Waals surface area contributed by atoms with Gasteiger partial charge in [-0.25, -0.2) is 0 Å². The number of hydrogen-bond acceptors (Lipinski definition) is 2. The van der Waals surface area contributed by atoms with Gasteiger partial charge in [0, 0.05) is 12.1 Å². The molecule has 0 aromatic heterocycles. The van der Waals surface area contributed by atoms with Crippen LogP contribution in [0.25, 0.3) is 0 Å². The van der Waals surface area contributed by atoms with E-state index in [4.69, 9.17) is 10.5 Å². The Bertz CT molecular complexity index is 241. The molecule has 1 atom stereocenters. The van der Waals surface area contributed by atoms with Crippen molar-refractivity contribution in [2.24, 2.45) is 11.7 Å². The van der Waals surface area contributed by atoms with E-state index in [1.54, 1.807) is 0 Å². The van der Waals surface area contributed by atoms with E-state index in [-0.39, 0.29) is 11.1 Å². The van der Waals surface area contributed by atoms with Crippen LogP contribution in [0.3, 0.4) is 0 Å². The van der Waals surface area contributed by atoms with Gasteiger partial charge in [-0.05, 0) is 50.9 Å². The molecule has 1 aliphatic heterocycles. The van der Waals surface area contributed by atoms with Crippen LogP contribution < -0.4 is 5.73 Å². The molecule has 15 heavy (non-hydrogen) atoms. The van der Waals surface area contributed by atoms with E-state index in [0.717, 1.165) is 12.5 Å². The summed E-state index contributed by atoms with van der Waals surface area (Å²) in [4.78, 5) is 0. The van der Waals surface area contributed by atoms with Crippen molar-refractivity contribution in [3.8, 4) is 0 Å². The summed E-state index contributed by atoms with van der Waals surface area (Å²) in [5, 5.41) is 0. The summed E-state index contributed by atoms with van der Waals surface area (Å²) in [6.07, 6.45) is 11.6. The average Bonchev–Trinajstić information content (AvgIpc) is 2.65. The molecule has 3 fully saturated rings. The molecule has 1 saturated heterocycles. The number of ether oxygens (including phenoxy) is 1. The molecular weight excluding hydrogens is 186 g/mol. The second-order valence-electron chi connectivity index (χ2n) is 6.02. The van der Waals surface area contributed by atoms with Crippen molar-refractivity contribution in [3.05, 3.63) is 0 Å². The van der Waals surface area contributed by atoms with E-state index in [9.17, 15) is 0 Å². The summed E-state index contributed by atoms with van der Waals surface area (Å²) in [7, 11) is 0. The van der Waals surface area contributed by atoms with Gasteiger partial charge < -0.3 is 10.5 Å². The number of rotatable bonds is 1. The van der Waals surface area contributed by atoms with Crippen LogP contribution in [0.5, 0.6) is 0 Å². The van der Waals surface area contributed by atoms with Crippen molar-refractivity contribution in [2.45, 2.75) is 68.9 Å². The fourth-order valence-corrected chi connectivity index (χ4v) is 3.88. The first-order valence-corrected chi connectivity index (χ1v) is 6.65. The van der Waals surface area contributed by atoms with Gasteiger partial charge in [0.05, 0.1) is 5.60 Å². The molecule has 0 aromatic carbocycles. The van der Waals surface area contributed by atoms with Crippen LogP contribution in [0.15, 0.2) is 0 Å². The van der Waals surface area contributed by atoms with Crippen LogP contribution in [0.2, 0.25) is 0 Å². The van der Waals surface area contributed by atoms with E-state index in [1.807, 2.05) is 0 Å². The summed E-state index contributed by atoms with van der Waals surface area (Å²) >= 11 is 0. The molecule has 0 bridgehead atoms. The van der Waals surface area contributed by atoms with Gasteiger partial charge in [-0.3, -0.25) is 0 Å². The molecule has 3 rings (SSSR count). The van der Waals surface area contributed by atoms with Gasteiger partial charge >= 0.3 is 0 Å². The van der Waals surface area contributed by atoms with Crippen LogP contribution in [0, 0.1) is 5.92 Å². The molecule has 1 spiro atoms. The van der Waals surface area contributed by atoms with Crippen molar-refractivity contribution >= 4 is 0 Å². The third-order valence-corrected chi connectivity index (χ3v) is 5.11. The molecule has 0 radical (unpaired) electrons. The predicted molar refractivity (Wildman–Crippen MR) is 60.6 cm³/mol. The Hall–Kier alpha value is -0.0800. The largest absolute Gasteiger partial charge is 0.375 e. The van der Waals surface area contributed by atoms with Gasteiger partial charge in [0.2, 0.25) is 0 Å². The molecule has 2 N–H and O–H groups in total. The van der Waals surface area contributed by atoms with E-state index >= 15 is 0 Å². The highest BCUT2D eigenvalue weighted by molar-refractivity contribution is 5.02. The first-order chi connectivity index (χ1) is 7.23. The van der Waals surface area contributed by atoms with Crippen molar-refractivity contribution in [3.63, 3.8) is 0 Å². The summed E-state index contributed by atoms with van der Waals surface area (Å²) < 4.78 is 5.98. The Morgan fingerprint density at radius 3 is 2.33 bits per heavy atom. The highest BCUT2D eigenvalue weighted by atomic mass is 16.5. The lowest BCUT2D eigenvalue weighted by Crippen LogP contribution is -2.54. The third-order valence-electron chi connectivity index (χ3n) is 5.11. The zero-order valence-electron chi connectivity index (χ0n) is 9.63. The quantitative estimate of drug-likeness (QED) is 0.720. The van der Waals surface area contributed by atoms with Crippen molar-refractivity contribution < 1.29 is 4.74 Å². The Kier molecular flexibility index (Phi) is 2.33. The maximum atomic E-state index is 6.58. The van der Waals surface area contributed by atoms with Crippen LogP contribution in [-0.4, -0.2) is 17.7 Å². The Balaban J connectivity index is 1.70. The lowest BCUT2D eigenvalue weighted by atomic mass is 9.66. The normalized spacial score (nSPS) is 37.8. The monoisotopic (exact) mass is 209 g/mol. The average molecular weight is 209 g/mol. The van der Waals surface area contributed by atoms with Crippen molar-refractivity contribution in [1.29, 1.82) is 0 Å². The smallest absolute Gasteiger partial charge is 0.0686 e. The van der Waals surface area contributed by atoms with Gasteiger partial charge in [-0.1, -0.05) is 12.8 Å². The Morgan fingerprint density at radius 1 is 1.00 bits per heavy atom. The number of hydrogen-bond donors (Lipinski definition) is 1. The molecule has 86 valence electrons. The fraction of sp³-hybridized carbons (Fsp3) is 1.00. The summed E-state index contributed by atoms with van der Waals surface area (Å²) in [6.45, 7) is 0.962. The molecule has 2 nitrogen and oxygen atoms in total. The lowest BCUT2D eigenvalue weighted by Gasteiger charge is -2.50. The first-order valence-electron chi connectivity index (χ1n) is 6.65. The summed E-state index contributed by atoms with van der Waals surface area (Å²) in [6, 6.07) is 0. The lowest BCUT2D eigenvalue weighted by molar-refractivity contribution is -0.151. The molecule has 0 amide bonds. The molecule has 0 aromatic rings. The highest BCUT2D eigenvalue weighted by Crippen LogP contribution is 2.49. The van der Waals surface area contributed by atoms with E-state index in [2.05, 4.69) is 0 Å². The van der Waals surface area contributed by atoms with Crippen molar-refractivity contribution in [1.82, 2.24) is 0 Å². The minimum atomic E-state index is 0.173. The minimum absolute atomic E-state index is 0.173. The number of nitrogens with two attached hydrogens (primary N) is 1. The molecule has 1 unspecified atom stereocenters. The molecule has 3 aliphatic rings. The van der Waals surface area contributed by atoms with Gasteiger partial charge in [-0.2, -0.15) is 0 Å². The maximum Gasteiger partial charge on any atom is 0.0686 e.